The van der Waals surface area contributed by atoms with Crippen LogP contribution in [0, 0.1) is 0 Å². The molecule has 1 saturated carbocycles. The second kappa shape index (κ2) is 6.76. The second-order valence-corrected chi connectivity index (χ2v) is 7.25. The zero-order valence-corrected chi connectivity index (χ0v) is 13.5. The zero-order chi connectivity index (χ0) is 13.9. The Morgan fingerprint density at radius 3 is 2.80 bits per heavy atom. The number of fused-ring (bicyclic) bond motifs is 1. The van der Waals surface area contributed by atoms with E-state index in [9.17, 15) is 0 Å². The lowest BCUT2D eigenvalue weighted by atomic mass is 9.95. The molecule has 0 spiro atoms. The number of hydrogen-bond donors (Lipinski definition) is 1. The Hall–Kier alpha value is -0.120. The molecule has 4 atom stereocenters. The van der Waals surface area contributed by atoms with Crippen LogP contribution < -0.4 is 5.32 Å². The van der Waals surface area contributed by atoms with Crippen LogP contribution in [-0.2, 0) is 0 Å². The van der Waals surface area contributed by atoms with Crippen molar-refractivity contribution in [3.8, 4) is 0 Å². The molecule has 4 unspecified atom stereocenters. The number of nitrogens with one attached hydrogen (secondary N) is 1. The van der Waals surface area contributed by atoms with Crippen molar-refractivity contribution in [2.75, 3.05) is 26.2 Å². The van der Waals surface area contributed by atoms with Gasteiger partial charge in [0.05, 0.1) is 0 Å². The minimum absolute atomic E-state index is 0.748. The molecule has 1 aliphatic carbocycles. The predicted molar refractivity (Wildman–Crippen MR) is 85.1 cm³/mol. The lowest BCUT2D eigenvalue weighted by Crippen LogP contribution is -2.63. The third-order valence-corrected chi connectivity index (χ3v) is 5.80. The summed E-state index contributed by atoms with van der Waals surface area (Å²) < 4.78 is 0. The fraction of sp³-hybridized carbons (Fsp3) is 1.00. The van der Waals surface area contributed by atoms with E-state index >= 15 is 0 Å². The Morgan fingerprint density at radius 1 is 1.05 bits per heavy atom. The van der Waals surface area contributed by atoms with E-state index in [-0.39, 0.29) is 0 Å². The van der Waals surface area contributed by atoms with Gasteiger partial charge in [-0.25, -0.2) is 0 Å². The van der Waals surface area contributed by atoms with Gasteiger partial charge in [-0.3, -0.25) is 9.80 Å². The lowest BCUT2D eigenvalue weighted by molar-refractivity contribution is -0.0119. The van der Waals surface area contributed by atoms with Crippen LogP contribution >= 0.6 is 0 Å². The molecule has 116 valence electrons. The zero-order valence-electron chi connectivity index (χ0n) is 13.5. The summed E-state index contributed by atoms with van der Waals surface area (Å²) in [6.45, 7) is 9.92. The molecule has 3 heteroatoms. The van der Waals surface area contributed by atoms with E-state index in [2.05, 4.69) is 29.0 Å². The smallest absolute Gasteiger partial charge is 0.0253 e. The van der Waals surface area contributed by atoms with Crippen LogP contribution in [0.3, 0.4) is 0 Å². The molecule has 3 rings (SSSR count). The molecule has 20 heavy (non-hydrogen) atoms. The molecular formula is C17H33N3. The van der Waals surface area contributed by atoms with Crippen molar-refractivity contribution in [2.45, 2.75) is 83.0 Å². The van der Waals surface area contributed by atoms with E-state index < -0.39 is 0 Å². The van der Waals surface area contributed by atoms with E-state index in [4.69, 9.17) is 0 Å². The first-order valence-electron chi connectivity index (χ1n) is 9.02. The second-order valence-electron chi connectivity index (χ2n) is 7.25. The highest BCUT2D eigenvalue weighted by Crippen LogP contribution is 2.31. The molecule has 0 radical (unpaired) electrons. The highest BCUT2D eigenvalue weighted by molar-refractivity contribution is 4.97. The third-order valence-electron chi connectivity index (χ3n) is 5.80. The summed E-state index contributed by atoms with van der Waals surface area (Å²) in [6, 6.07) is 3.17. The SMILES string of the molecule is CCCNC1CCCC1N1CC2CCCCN2CC1C. The minimum Gasteiger partial charge on any atom is -0.312 e. The summed E-state index contributed by atoms with van der Waals surface area (Å²) in [7, 11) is 0. The third kappa shape index (κ3) is 3.05. The monoisotopic (exact) mass is 279 g/mol. The first-order valence-corrected chi connectivity index (χ1v) is 9.02. The molecule has 3 aliphatic rings. The van der Waals surface area contributed by atoms with Crippen molar-refractivity contribution >= 4 is 0 Å². The van der Waals surface area contributed by atoms with E-state index in [1.165, 1.54) is 71.1 Å². The van der Waals surface area contributed by atoms with Crippen LogP contribution in [0.5, 0.6) is 0 Å². The lowest BCUT2D eigenvalue weighted by Gasteiger charge is -2.50. The van der Waals surface area contributed by atoms with Gasteiger partial charge in [-0.1, -0.05) is 19.8 Å². The van der Waals surface area contributed by atoms with Crippen LogP contribution in [0.1, 0.15) is 58.8 Å². The number of hydrogen-bond acceptors (Lipinski definition) is 3. The number of piperidine rings is 1. The highest BCUT2D eigenvalue weighted by Gasteiger charge is 2.40. The van der Waals surface area contributed by atoms with Gasteiger partial charge >= 0.3 is 0 Å². The Labute approximate surface area is 125 Å². The number of piperazine rings is 1. The van der Waals surface area contributed by atoms with Gasteiger partial charge in [0.25, 0.3) is 0 Å². The maximum atomic E-state index is 3.82. The van der Waals surface area contributed by atoms with Crippen LogP contribution in [0.15, 0.2) is 0 Å². The van der Waals surface area contributed by atoms with Crippen LogP contribution in [0.25, 0.3) is 0 Å². The first kappa shape index (κ1) is 14.8. The Kier molecular flexibility index (Phi) is 5.00. The van der Waals surface area contributed by atoms with E-state index in [0.717, 1.165) is 24.2 Å². The summed E-state index contributed by atoms with van der Waals surface area (Å²) >= 11 is 0. The van der Waals surface area contributed by atoms with Crippen LogP contribution in [0.4, 0.5) is 0 Å². The van der Waals surface area contributed by atoms with Crippen molar-refractivity contribution in [2.24, 2.45) is 0 Å². The van der Waals surface area contributed by atoms with Crippen molar-refractivity contribution in [3.63, 3.8) is 0 Å². The fourth-order valence-corrected chi connectivity index (χ4v) is 4.74. The molecule has 3 nitrogen and oxygen atoms in total. The largest absolute Gasteiger partial charge is 0.312 e. The molecule has 0 aromatic heterocycles. The van der Waals surface area contributed by atoms with Gasteiger partial charge in [-0.2, -0.15) is 0 Å². The van der Waals surface area contributed by atoms with Crippen molar-refractivity contribution in [1.29, 1.82) is 0 Å². The Morgan fingerprint density at radius 2 is 1.95 bits per heavy atom. The van der Waals surface area contributed by atoms with Gasteiger partial charge in [0, 0.05) is 37.3 Å². The minimum atomic E-state index is 0.748. The summed E-state index contributed by atoms with van der Waals surface area (Å²) in [4.78, 5) is 5.64. The normalized spacial score (nSPS) is 39.9. The molecule has 3 fully saturated rings. The van der Waals surface area contributed by atoms with Crippen LogP contribution in [0.2, 0.25) is 0 Å². The maximum absolute atomic E-state index is 3.82. The van der Waals surface area contributed by atoms with E-state index in [1.54, 1.807) is 0 Å². The average Bonchev–Trinajstić information content (AvgIpc) is 2.92. The fourth-order valence-electron chi connectivity index (χ4n) is 4.74. The summed E-state index contributed by atoms with van der Waals surface area (Å²) in [5, 5.41) is 3.82. The average molecular weight is 279 g/mol. The summed E-state index contributed by atoms with van der Waals surface area (Å²) in [6.07, 6.45) is 9.79. The number of rotatable bonds is 4. The number of nitrogens with zero attached hydrogens (tertiary/aromatic N) is 2. The summed E-state index contributed by atoms with van der Waals surface area (Å²) in [5.74, 6) is 0. The molecule has 0 aromatic rings. The molecule has 0 amide bonds. The first-order chi connectivity index (χ1) is 9.79. The molecule has 0 aromatic carbocycles. The molecule has 2 aliphatic heterocycles. The van der Waals surface area contributed by atoms with Gasteiger partial charge < -0.3 is 5.32 Å². The molecular weight excluding hydrogens is 246 g/mol. The van der Waals surface area contributed by atoms with E-state index in [0.29, 0.717) is 0 Å². The Balaban J connectivity index is 1.62. The molecule has 2 heterocycles. The van der Waals surface area contributed by atoms with Gasteiger partial charge in [-0.15, -0.1) is 0 Å². The van der Waals surface area contributed by atoms with Gasteiger partial charge in [0.1, 0.15) is 0 Å². The topological polar surface area (TPSA) is 18.5 Å². The maximum Gasteiger partial charge on any atom is 0.0253 e. The Bertz CT molecular complexity index is 307. The molecule has 1 N–H and O–H groups in total. The summed E-state index contributed by atoms with van der Waals surface area (Å²) in [5.41, 5.74) is 0. The highest BCUT2D eigenvalue weighted by atomic mass is 15.3. The molecule has 0 bridgehead atoms. The van der Waals surface area contributed by atoms with Crippen molar-refractivity contribution in [1.82, 2.24) is 15.1 Å². The van der Waals surface area contributed by atoms with Gasteiger partial charge in [-0.05, 0) is 52.1 Å². The molecule has 2 saturated heterocycles. The quantitative estimate of drug-likeness (QED) is 0.853. The van der Waals surface area contributed by atoms with Gasteiger partial charge in [0.15, 0.2) is 0 Å². The van der Waals surface area contributed by atoms with Gasteiger partial charge in [0.2, 0.25) is 0 Å². The van der Waals surface area contributed by atoms with E-state index in [1.807, 2.05) is 0 Å². The van der Waals surface area contributed by atoms with Crippen LogP contribution in [-0.4, -0.2) is 60.1 Å². The standard InChI is InChI=1S/C17H33N3/c1-3-10-18-16-8-6-9-17(16)20-13-15-7-4-5-11-19(15)12-14(20)2/h14-18H,3-13H2,1-2H3. The predicted octanol–water partition coefficient (Wildman–Crippen LogP) is 2.47. The van der Waals surface area contributed by atoms with Crippen molar-refractivity contribution < 1.29 is 0 Å². The van der Waals surface area contributed by atoms with Crippen molar-refractivity contribution in [3.05, 3.63) is 0 Å².